The number of piperidine rings is 1. The molecular formula is C20H26BrN5. The number of fused-ring (bicyclic) bond motifs is 1. The number of aromatic nitrogens is 3. The molecule has 2 aromatic rings. The predicted molar refractivity (Wildman–Crippen MR) is 110 cm³/mol. The average molecular weight is 416 g/mol. The van der Waals surface area contributed by atoms with Crippen LogP contribution < -0.4 is 4.90 Å². The molecule has 1 aliphatic heterocycles. The molecule has 1 fully saturated rings. The van der Waals surface area contributed by atoms with Crippen molar-refractivity contribution in [3.63, 3.8) is 0 Å². The second-order valence-electron chi connectivity index (χ2n) is 8.07. The van der Waals surface area contributed by atoms with Gasteiger partial charge in [0.25, 0.3) is 0 Å². The van der Waals surface area contributed by atoms with Gasteiger partial charge in [0.15, 0.2) is 5.82 Å². The Balaban J connectivity index is 1.55. The summed E-state index contributed by atoms with van der Waals surface area (Å²) < 4.78 is 2.88. The summed E-state index contributed by atoms with van der Waals surface area (Å²) in [6.07, 6.45) is 6.57. The Bertz CT molecular complexity index is 912. The molecule has 1 aliphatic carbocycles. The first-order chi connectivity index (χ1) is 12.4. The number of nitrogens with zero attached hydrogens (tertiary/aromatic N) is 5. The number of aryl methyl sites for hydroxylation is 1. The maximum atomic E-state index is 4.87. The van der Waals surface area contributed by atoms with E-state index >= 15 is 0 Å². The van der Waals surface area contributed by atoms with Crippen LogP contribution in [-0.4, -0.2) is 33.4 Å². The number of hydrogen-bond donors (Lipinski definition) is 0. The van der Waals surface area contributed by atoms with Crippen molar-refractivity contribution in [2.45, 2.75) is 53.4 Å². The molecule has 4 rings (SSSR count). The van der Waals surface area contributed by atoms with Gasteiger partial charge < -0.3 is 4.90 Å². The SMILES string of the molecule is CC(C)=NC1=C(C)CC2(CCN(c3nc(C)c(Br)n4nccc34)CC2)C1. The van der Waals surface area contributed by atoms with Gasteiger partial charge in [0.05, 0.1) is 11.9 Å². The second-order valence-corrected chi connectivity index (χ2v) is 8.82. The topological polar surface area (TPSA) is 45.8 Å². The summed E-state index contributed by atoms with van der Waals surface area (Å²) in [7, 11) is 0. The molecule has 0 radical (unpaired) electrons. The zero-order chi connectivity index (χ0) is 18.5. The van der Waals surface area contributed by atoms with E-state index in [0.29, 0.717) is 5.41 Å². The Kier molecular flexibility index (Phi) is 4.41. The third-order valence-electron chi connectivity index (χ3n) is 5.79. The lowest BCUT2D eigenvalue weighted by molar-refractivity contribution is 0.230. The van der Waals surface area contributed by atoms with Crippen LogP contribution in [0.15, 0.2) is 33.1 Å². The minimum atomic E-state index is 0.399. The highest BCUT2D eigenvalue weighted by atomic mass is 79.9. The van der Waals surface area contributed by atoms with Crippen LogP contribution in [0.3, 0.4) is 0 Å². The number of anilines is 1. The van der Waals surface area contributed by atoms with Crippen molar-refractivity contribution in [1.29, 1.82) is 0 Å². The Hall–Kier alpha value is -1.69. The molecule has 1 saturated heterocycles. The molecule has 6 heteroatoms. The lowest BCUT2D eigenvalue weighted by Crippen LogP contribution is -2.40. The van der Waals surface area contributed by atoms with Gasteiger partial charge in [0.2, 0.25) is 0 Å². The van der Waals surface area contributed by atoms with Gasteiger partial charge in [-0.15, -0.1) is 0 Å². The van der Waals surface area contributed by atoms with Crippen LogP contribution in [0.4, 0.5) is 5.82 Å². The first kappa shape index (κ1) is 17.7. The van der Waals surface area contributed by atoms with E-state index in [1.165, 1.54) is 30.5 Å². The van der Waals surface area contributed by atoms with Crippen LogP contribution in [0.25, 0.3) is 5.52 Å². The third kappa shape index (κ3) is 2.98. The standard InChI is InChI=1S/C20H26BrN5/c1-13(2)23-16-12-20(11-14(16)3)6-9-25(10-7-20)19-17-5-8-22-26(17)18(21)15(4)24-19/h5,8H,6-7,9-12H2,1-4H3. The summed E-state index contributed by atoms with van der Waals surface area (Å²) >= 11 is 3.60. The zero-order valence-electron chi connectivity index (χ0n) is 16.0. The van der Waals surface area contributed by atoms with Crippen LogP contribution in [0.5, 0.6) is 0 Å². The van der Waals surface area contributed by atoms with Gasteiger partial charge in [-0.05, 0) is 80.8 Å². The second kappa shape index (κ2) is 6.48. The zero-order valence-corrected chi connectivity index (χ0v) is 17.6. The van der Waals surface area contributed by atoms with E-state index in [1.807, 2.05) is 17.6 Å². The molecule has 0 atom stereocenters. The normalized spacial score (nSPS) is 19.7. The number of rotatable bonds is 2. The largest absolute Gasteiger partial charge is 0.355 e. The minimum absolute atomic E-state index is 0.399. The number of allylic oxidation sites excluding steroid dienone is 2. The molecule has 138 valence electrons. The van der Waals surface area contributed by atoms with Crippen molar-refractivity contribution in [2.24, 2.45) is 10.4 Å². The van der Waals surface area contributed by atoms with Crippen molar-refractivity contribution in [3.05, 3.63) is 33.8 Å². The number of aliphatic imine (C=N–C) groups is 1. The Morgan fingerprint density at radius 2 is 1.92 bits per heavy atom. The van der Waals surface area contributed by atoms with Crippen molar-refractivity contribution < 1.29 is 0 Å². The average Bonchev–Trinajstić information content (AvgIpc) is 3.18. The Labute approximate surface area is 163 Å². The van der Waals surface area contributed by atoms with E-state index in [1.54, 1.807) is 0 Å². The highest BCUT2D eigenvalue weighted by Crippen LogP contribution is 2.49. The van der Waals surface area contributed by atoms with Gasteiger partial charge >= 0.3 is 0 Å². The molecule has 0 saturated carbocycles. The van der Waals surface area contributed by atoms with Crippen molar-refractivity contribution >= 4 is 33.0 Å². The van der Waals surface area contributed by atoms with Gasteiger partial charge in [-0.25, -0.2) is 9.50 Å². The van der Waals surface area contributed by atoms with Crippen molar-refractivity contribution in [1.82, 2.24) is 14.6 Å². The van der Waals surface area contributed by atoms with Gasteiger partial charge in [0, 0.05) is 24.5 Å². The molecule has 0 bridgehead atoms. The smallest absolute Gasteiger partial charge is 0.155 e. The molecule has 0 amide bonds. The van der Waals surface area contributed by atoms with Crippen LogP contribution in [-0.2, 0) is 0 Å². The van der Waals surface area contributed by atoms with E-state index in [2.05, 4.69) is 52.8 Å². The lowest BCUT2D eigenvalue weighted by Gasteiger charge is -2.40. The maximum absolute atomic E-state index is 4.87. The van der Waals surface area contributed by atoms with E-state index in [4.69, 9.17) is 9.98 Å². The first-order valence-electron chi connectivity index (χ1n) is 9.34. The highest BCUT2D eigenvalue weighted by Gasteiger charge is 2.40. The molecule has 0 N–H and O–H groups in total. The highest BCUT2D eigenvalue weighted by molar-refractivity contribution is 9.10. The third-order valence-corrected chi connectivity index (χ3v) is 6.70. The fourth-order valence-electron chi connectivity index (χ4n) is 4.46. The fraction of sp³-hybridized carbons (Fsp3) is 0.550. The molecular weight excluding hydrogens is 390 g/mol. The first-order valence-corrected chi connectivity index (χ1v) is 10.1. The quantitative estimate of drug-likeness (QED) is 0.652. The van der Waals surface area contributed by atoms with Crippen LogP contribution in [0.1, 0.15) is 52.1 Å². The summed E-state index contributed by atoms with van der Waals surface area (Å²) in [5.41, 5.74) is 6.42. The van der Waals surface area contributed by atoms with E-state index in [-0.39, 0.29) is 0 Å². The maximum Gasteiger partial charge on any atom is 0.155 e. The van der Waals surface area contributed by atoms with Gasteiger partial charge in [-0.3, -0.25) is 4.99 Å². The van der Waals surface area contributed by atoms with Crippen molar-refractivity contribution in [3.8, 4) is 0 Å². The Morgan fingerprint density at radius 3 is 2.62 bits per heavy atom. The van der Waals surface area contributed by atoms with Crippen LogP contribution in [0.2, 0.25) is 0 Å². The molecule has 5 nitrogen and oxygen atoms in total. The molecule has 2 aromatic heterocycles. The van der Waals surface area contributed by atoms with Gasteiger partial charge in [0.1, 0.15) is 10.1 Å². The molecule has 0 unspecified atom stereocenters. The molecule has 1 spiro atoms. The van der Waals surface area contributed by atoms with Crippen LogP contribution >= 0.6 is 15.9 Å². The van der Waals surface area contributed by atoms with Gasteiger partial charge in [-0.1, -0.05) is 5.57 Å². The summed E-state index contributed by atoms with van der Waals surface area (Å²) in [4.78, 5) is 12.1. The summed E-state index contributed by atoms with van der Waals surface area (Å²) in [6, 6.07) is 2.05. The van der Waals surface area contributed by atoms with Gasteiger partial charge in [-0.2, -0.15) is 5.10 Å². The molecule has 2 aliphatic rings. The van der Waals surface area contributed by atoms with E-state index < -0.39 is 0 Å². The van der Waals surface area contributed by atoms with E-state index in [0.717, 1.165) is 46.9 Å². The van der Waals surface area contributed by atoms with E-state index in [9.17, 15) is 0 Å². The van der Waals surface area contributed by atoms with Crippen LogP contribution in [0, 0.1) is 12.3 Å². The molecule has 26 heavy (non-hydrogen) atoms. The monoisotopic (exact) mass is 415 g/mol. The van der Waals surface area contributed by atoms with Crippen molar-refractivity contribution in [2.75, 3.05) is 18.0 Å². The molecule has 3 heterocycles. The summed E-state index contributed by atoms with van der Waals surface area (Å²) in [5, 5.41) is 4.43. The lowest BCUT2D eigenvalue weighted by atomic mass is 9.75. The predicted octanol–water partition coefficient (Wildman–Crippen LogP) is 4.94. The fourth-order valence-corrected chi connectivity index (χ4v) is 4.83. The number of hydrogen-bond acceptors (Lipinski definition) is 4. The summed E-state index contributed by atoms with van der Waals surface area (Å²) in [6.45, 7) is 10.6. The number of halogens is 1. The molecule has 0 aromatic carbocycles. The Morgan fingerprint density at radius 1 is 1.19 bits per heavy atom. The minimum Gasteiger partial charge on any atom is -0.355 e. The summed E-state index contributed by atoms with van der Waals surface area (Å²) in [5.74, 6) is 1.06.